The fourth-order valence-corrected chi connectivity index (χ4v) is 3.54. The van der Waals surface area contributed by atoms with Crippen molar-refractivity contribution in [1.29, 1.82) is 0 Å². The number of ether oxygens (including phenoxy) is 1. The van der Waals surface area contributed by atoms with Crippen LogP contribution in [0.3, 0.4) is 0 Å². The molecular formula is C19H16O6S. The van der Waals surface area contributed by atoms with E-state index in [-0.39, 0.29) is 11.3 Å². The predicted molar refractivity (Wildman–Crippen MR) is 94.9 cm³/mol. The second kappa shape index (κ2) is 6.76. The van der Waals surface area contributed by atoms with E-state index < -0.39 is 27.9 Å². The van der Waals surface area contributed by atoms with Crippen LogP contribution < -0.4 is 0 Å². The molecule has 1 N–H and O–H groups in total. The van der Waals surface area contributed by atoms with Gasteiger partial charge in [0.25, 0.3) is 0 Å². The second-order valence-corrected chi connectivity index (χ2v) is 7.96. The first-order valence-electron chi connectivity index (χ1n) is 7.80. The van der Waals surface area contributed by atoms with Gasteiger partial charge in [0.2, 0.25) is 0 Å². The van der Waals surface area contributed by atoms with Crippen LogP contribution in [0.15, 0.2) is 59.5 Å². The summed E-state index contributed by atoms with van der Waals surface area (Å²) >= 11 is 0. The Morgan fingerprint density at radius 2 is 1.65 bits per heavy atom. The molecule has 1 atom stereocenters. The molecule has 0 saturated heterocycles. The summed E-state index contributed by atoms with van der Waals surface area (Å²) in [5.41, 5.74) is 1.91. The van der Waals surface area contributed by atoms with Crippen molar-refractivity contribution in [2.75, 3.05) is 6.26 Å². The van der Waals surface area contributed by atoms with Crippen molar-refractivity contribution in [2.45, 2.75) is 17.4 Å². The summed E-state index contributed by atoms with van der Waals surface area (Å²) in [6.45, 7) is 0. The van der Waals surface area contributed by atoms with Crippen molar-refractivity contribution >= 4 is 32.9 Å². The lowest BCUT2D eigenvalue weighted by Gasteiger charge is -2.13. The van der Waals surface area contributed by atoms with E-state index >= 15 is 0 Å². The Bertz CT molecular complexity index is 988. The van der Waals surface area contributed by atoms with Gasteiger partial charge < -0.3 is 9.84 Å². The van der Waals surface area contributed by atoms with Gasteiger partial charge in [-0.15, -0.1) is 0 Å². The van der Waals surface area contributed by atoms with Crippen LogP contribution in [0, 0.1) is 0 Å². The van der Waals surface area contributed by atoms with Crippen LogP contribution in [0.1, 0.15) is 17.5 Å². The third-order valence-corrected chi connectivity index (χ3v) is 5.19. The van der Waals surface area contributed by atoms with Crippen LogP contribution in [0.4, 0.5) is 0 Å². The summed E-state index contributed by atoms with van der Waals surface area (Å²) < 4.78 is 28.6. The molecule has 1 aliphatic heterocycles. The van der Waals surface area contributed by atoms with Gasteiger partial charge in [0.05, 0.1) is 16.9 Å². The first-order valence-corrected chi connectivity index (χ1v) is 9.69. The van der Waals surface area contributed by atoms with Gasteiger partial charge in [0.15, 0.2) is 9.84 Å². The van der Waals surface area contributed by atoms with Crippen LogP contribution in [0.5, 0.6) is 0 Å². The Morgan fingerprint density at radius 3 is 2.19 bits per heavy atom. The Balaban J connectivity index is 2.16. The molecule has 134 valence electrons. The summed E-state index contributed by atoms with van der Waals surface area (Å²) in [5, 5.41) is 9.14. The zero-order chi connectivity index (χ0) is 18.9. The van der Waals surface area contributed by atoms with Gasteiger partial charge in [-0.3, -0.25) is 4.79 Å². The third-order valence-electron chi connectivity index (χ3n) is 4.06. The molecule has 2 aromatic rings. The van der Waals surface area contributed by atoms with Gasteiger partial charge in [-0.05, 0) is 23.3 Å². The molecule has 0 fully saturated rings. The maximum Gasteiger partial charge on any atom is 0.339 e. The van der Waals surface area contributed by atoms with Crippen molar-refractivity contribution in [2.24, 2.45) is 0 Å². The van der Waals surface area contributed by atoms with Gasteiger partial charge in [-0.2, -0.15) is 0 Å². The highest BCUT2D eigenvalue weighted by Crippen LogP contribution is 2.38. The Morgan fingerprint density at radius 1 is 1.04 bits per heavy atom. The Labute approximate surface area is 150 Å². The number of rotatable bonds is 5. The van der Waals surface area contributed by atoms with Gasteiger partial charge in [-0.1, -0.05) is 42.5 Å². The molecule has 6 nitrogen and oxygen atoms in total. The summed E-state index contributed by atoms with van der Waals surface area (Å²) in [5.74, 6) is -1.69. The average Bonchev–Trinajstić information content (AvgIpc) is 2.90. The van der Waals surface area contributed by atoms with Crippen LogP contribution in [-0.4, -0.2) is 37.8 Å². The highest BCUT2D eigenvalue weighted by Gasteiger charge is 2.36. The second-order valence-electron chi connectivity index (χ2n) is 5.94. The Kier molecular flexibility index (Phi) is 4.65. The maximum absolute atomic E-state index is 12.4. The number of carbonyl (C=O) groups is 2. The molecule has 0 amide bonds. The van der Waals surface area contributed by atoms with Crippen LogP contribution in [-0.2, 0) is 24.2 Å². The number of aliphatic carboxylic acids is 1. The smallest absolute Gasteiger partial charge is 0.339 e. The topological polar surface area (TPSA) is 97.7 Å². The number of carboxylic acids is 1. The lowest BCUT2D eigenvalue weighted by molar-refractivity contribution is -0.143. The molecule has 0 saturated carbocycles. The monoisotopic (exact) mass is 372 g/mol. The van der Waals surface area contributed by atoms with Crippen molar-refractivity contribution in [3.05, 3.63) is 65.7 Å². The summed E-state index contributed by atoms with van der Waals surface area (Å²) in [6, 6.07) is 14.8. The predicted octanol–water partition coefficient (Wildman–Crippen LogP) is 2.40. The molecule has 26 heavy (non-hydrogen) atoms. The number of hydrogen-bond donors (Lipinski definition) is 1. The van der Waals surface area contributed by atoms with Crippen LogP contribution >= 0.6 is 0 Å². The fraction of sp³-hybridized carbons (Fsp3) is 0.158. The molecule has 0 aromatic heterocycles. The minimum Gasteiger partial charge on any atom is -0.481 e. The number of carboxylic acid groups (broad SMARTS) is 1. The molecule has 0 aliphatic carbocycles. The lowest BCUT2D eigenvalue weighted by Crippen LogP contribution is -2.16. The number of esters is 1. The standard InChI is InChI=1S/C19H16O6S/c1-26(23,24)14-9-7-13(8-10-14)17-15(11-16(20)21)25-19(22)18(17)12-5-3-2-4-6-12/h2-10,15H,11H2,1H3,(H,20,21). The van der Waals surface area contributed by atoms with E-state index in [1.165, 1.54) is 12.1 Å². The van der Waals surface area contributed by atoms with E-state index in [1.807, 2.05) is 0 Å². The van der Waals surface area contributed by atoms with Gasteiger partial charge in [-0.25, -0.2) is 13.2 Å². The minimum atomic E-state index is -3.36. The minimum absolute atomic E-state index is 0.142. The van der Waals surface area contributed by atoms with E-state index in [0.29, 0.717) is 22.3 Å². The number of cyclic esters (lactones) is 1. The molecule has 1 aliphatic rings. The molecule has 1 unspecified atom stereocenters. The van der Waals surface area contributed by atoms with Gasteiger partial charge in [0, 0.05) is 11.8 Å². The van der Waals surface area contributed by atoms with Crippen molar-refractivity contribution < 1.29 is 27.9 Å². The van der Waals surface area contributed by atoms with E-state index in [1.54, 1.807) is 42.5 Å². The number of sulfone groups is 1. The average molecular weight is 372 g/mol. The first kappa shape index (κ1) is 17.9. The zero-order valence-corrected chi connectivity index (χ0v) is 14.7. The van der Waals surface area contributed by atoms with E-state index in [4.69, 9.17) is 9.84 Å². The molecular weight excluding hydrogens is 356 g/mol. The molecule has 0 bridgehead atoms. The van der Waals surface area contributed by atoms with E-state index in [0.717, 1.165) is 6.26 Å². The number of benzene rings is 2. The van der Waals surface area contributed by atoms with E-state index in [2.05, 4.69) is 0 Å². The van der Waals surface area contributed by atoms with Crippen molar-refractivity contribution in [3.8, 4) is 0 Å². The first-order chi connectivity index (χ1) is 12.3. The molecule has 0 spiro atoms. The summed E-state index contributed by atoms with van der Waals surface area (Å²) in [4.78, 5) is 23.7. The third kappa shape index (κ3) is 3.52. The molecule has 0 radical (unpaired) electrons. The van der Waals surface area contributed by atoms with Crippen LogP contribution in [0.25, 0.3) is 11.1 Å². The lowest BCUT2D eigenvalue weighted by atomic mass is 9.92. The van der Waals surface area contributed by atoms with E-state index in [9.17, 15) is 18.0 Å². The van der Waals surface area contributed by atoms with Crippen molar-refractivity contribution in [1.82, 2.24) is 0 Å². The number of hydrogen-bond acceptors (Lipinski definition) is 5. The molecule has 2 aromatic carbocycles. The highest BCUT2D eigenvalue weighted by molar-refractivity contribution is 7.90. The van der Waals surface area contributed by atoms with Crippen LogP contribution in [0.2, 0.25) is 0 Å². The number of carbonyl (C=O) groups excluding carboxylic acids is 1. The fourth-order valence-electron chi connectivity index (χ4n) is 2.91. The Hall–Kier alpha value is -2.93. The molecule has 3 rings (SSSR count). The quantitative estimate of drug-likeness (QED) is 0.810. The largest absolute Gasteiger partial charge is 0.481 e. The van der Waals surface area contributed by atoms with Gasteiger partial charge in [0.1, 0.15) is 6.10 Å². The molecule has 1 heterocycles. The zero-order valence-electron chi connectivity index (χ0n) is 13.9. The molecule has 7 heteroatoms. The highest BCUT2D eigenvalue weighted by atomic mass is 32.2. The normalized spacial score (nSPS) is 17.3. The summed E-state index contributed by atoms with van der Waals surface area (Å²) in [7, 11) is -3.36. The summed E-state index contributed by atoms with van der Waals surface area (Å²) in [6.07, 6.45) is -0.198. The maximum atomic E-state index is 12.4. The van der Waals surface area contributed by atoms with Gasteiger partial charge >= 0.3 is 11.9 Å². The SMILES string of the molecule is CS(=O)(=O)c1ccc(C2=C(c3ccccc3)C(=O)OC2CC(=O)O)cc1. The van der Waals surface area contributed by atoms with Crippen molar-refractivity contribution in [3.63, 3.8) is 0 Å².